The number of amides is 1. The first-order valence-electron chi connectivity index (χ1n) is 14.9. The number of phenols is 1. The molecule has 0 saturated carbocycles. The third kappa shape index (κ3) is 5.87. The number of hydrogen-bond acceptors (Lipinski definition) is 8. The van der Waals surface area contributed by atoms with Crippen molar-refractivity contribution in [2.24, 2.45) is 5.92 Å². The molecule has 3 atom stereocenters. The average Bonchev–Trinajstić information content (AvgIpc) is 2.92. The van der Waals surface area contributed by atoms with E-state index in [9.17, 15) is 19.1 Å². The van der Waals surface area contributed by atoms with Crippen LogP contribution >= 0.6 is 0 Å². The molecule has 2 aromatic heterocycles. The van der Waals surface area contributed by atoms with Crippen LogP contribution in [-0.2, 0) is 4.74 Å². The third-order valence-electron chi connectivity index (χ3n) is 8.19. The Kier molecular flexibility index (Phi) is 8.41. The normalized spacial score (nSPS) is 21.1. The van der Waals surface area contributed by atoms with Crippen molar-refractivity contribution in [3.8, 4) is 17.0 Å². The number of halogens is 2. The Balaban J connectivity index is 1.70. The molecule has 3 aromatic rings. The number of aromatic hydroxyl groups is 1. The highest BCUT2D eigenvalue weighted by Gasteiger charge is 2.36. The molecule has 2 aliphatic rings. The van der Waals surface area contributed by atoms with Crippen molar-refractivity contribution >= 4 is 22.9 Å². The van der Waals surface area contributed by atoms with E-state index in [1.165, 1.54) is 22.8 Å². The summed E-state index contributed by atoms with van der Waals surface area (Å²) in [5.74, 6) is -1.86. The number of ether oxygens (including phenoxy) is 1. The van der Waals surface area contributed by atoms with Crippen LogP contribution < -0.4 is 15.9 Å². The van der Waals surface area contributed by atoms with Gasteiger partial charge in [0, 0.05) is 38.3 Å². The van der Waals surface area contributed by atoms with Crippen LogP contribution in [0.25, 0.3) is 22.3 Å². The van der Waals surface area contributed by atoms with Crippen LogP contribution in [0.1, 0.15) is 54.5 Å². The minimum Gasteiger partial charge on any atom is -0.507 e. The summed E-state index contributed by atoms with van der Waals surface area (Å²) >= 11 is 0. The molecule has 1 saturated heterocycles. The predicted molar refractivity (Wildman–Crippen MR) is 165 cm³/mol. The SMILES string of the molecule is CC1=CCN[C@@H](C(C)C)[C@H]1n1c(=O)nc(N2CCN(C(=O)OC(C)(C)C)C[C@@H]2C)c2cc(F)c(-c3c(O)cccc3F)nc21. The van der Waals surface area contributed by atoms with Crippen molar-refractivity contribution < 1.29 is 23.4 Å². The van der Waals surface area contributed by atoms with Crippen LogP contribution in [0.3, 0.4) is 0 Å². The summed E-state index contributed by atoms with van der Waals surface area (Å²) in [6.45, 7) is 14.8. The van der Waals surface area contributed by atoms with Gasteiger partial charge in [0.1, 0.15) is 34.3 Å². The summed E-state index contributed by atoms with van der Waals surface area (Å²) in [4.78, 5) is 39.3. The number of nitrogens with zero attached hydrogens (tertiary/aromatic N) is 5. The number of carbonyl (C=O) groups excluding carboxylic acids is 1. The van der Waals surface area contributed by atoms with Gasteiger partial charge >= 0.3 is 11.8 Å². The van der Waals surface area contributed by atoms with Gasteiger partial charge < -0.3 is 25.0 Å². The van der Waals surface area contributed by atoms with Crippen LogP contribution in [0.15, 0.2) is 40.7 Å². The molecule has 10 nitrogen and oxygen atoms in total. The third-order valence-corrected chi connectivity index (χ3v) is 8.19. The first kappa shape index (κ1) is 31.4. The van der Waals surface area contributed by atoms with E-state index in [2.05, 4.69) is 15.3 Å². The van der Waals surface area contributed by atoms with E-state index in [4.69, 9.17) is 4.74 Å². The highest BCUT2D eigenvalue weighted by molar-refractivity contribution is 5.90. The number of benzene rings is 1. The molecule has 0 bridgehead atoms. The smallest absolute Gasteiger partial charge is 0.410 e. The second kappa shape index (κ2) is 11.8. The first-order valence-corrected chi connectivity index (χ1v) is 14.9. The lowest BCUT2D eigenvalue weighted by atomic mass is 9.88. The standard InChI is InChI=1S/C32H40F2N6O4/c1-17(2)25-27(18(3)11-12-35-25)40-29-20(15-22(34)26(36-29)24-21(33)9-8-10-23(24)41)28(37-30(40)42)39-14-13-38(16-19(39)4)31(43)44-32(5,6)7/h8-11,15,17,19,25,27,35,41H,12-14,16H2,1-7H3/t19-,25-,27-/m0/s1. The molecule has 1 aromatic carbocycles. The van der Waals surface area contributed by atoms with Crippen molar-refractivity contribution in [3.05, 3.63) is 58.0 Å². The zero-order valence-corrected chi connectivity index (χ0v) is 26.2. The number of rotatable bonds is 4. The lowest BCUT2D eigenvalue weighted by Crippen LogP contribution is -2.55. The molecule has 2 N–H and O–H groups in total. The molecule has 0 unspecified atom stereocenters. The number of carbonyl (C=O) groups is 1. The fourth-order valence-corrected chi connectivity index (χ4v) is 6.12. The number of fused-ring (bicyclic) bond motifs is 1. The summed E-state index contributed by atoms with van der Waals surface area (Å²) in [6, 6.07) is 3.93. The maximum Gasteiger partial charge on any atom is 0.410 e. The van der Waals surface area contributed by atoms with Gasteiger partial charge in [-0.1, -0.05) is 31.6 Å². The van der Waals surface area contributed by atoms with E-state index in [-0.39, 0.29) is 34.9 Å². The van der Waals surface area contributed by atoms with Gasteiger partial charge in [-0.05, 0) is 58.7 Å². The Hall–Kier alpha value is -4.06. The fraction of sp³-hybridized carbons (Fsp3) is 0.500. The Morgan fingerprint density at radius 3 is 2.52 bits per heavy atom. The van der Waals surface area contributed by atoms with Crippen LogP contribution in [0, 0.1) is 17.6 Å². The number of piperazine rings is 1. The predicted octanol–water partition coefficient (Wildman–Crippen LogP) is 5.00. The quantitative estimate of drug-likeness (QED) is 0.397. The van der Waals surface area contributed by atoms with Crippen molar-refractivity contribution in [2.45, 2.75) is 72.2 Å². The Bertz CT molecular complexity index is 1660. The second-order valence-corrected chi connectivity index (χ2v) is 13.0. The largest absolute Gasteiger partial charge is 0.507 e. The number of aromatic nitrogens is 3. The molecule has 1 amide bonds. The van der Waals surface area contributed by atoms with Crippen LogP contribution in [0.4, 0.5) is 19.4 Å². The minimum absolute atomic E-state index is 0.113. The zero-order valence-electron chi connectivity index (χ0n) is 26.2. The van der Waals surface area contributed by atoms with Gasteiger partial charge in [-0.3, -0.25) is 4.57 Å². The first-order chi connectivity index (χ1) is 20.7. The Labute approximate surface area is 255 Å². The van der Waals surface area contributed by atoms with E-state index in [0.717, 1.165) is 11.6 Å². The van der Waals surface area contributed by atoms with Gasteiger partial charge in [-0.15, -0.1) is 0 Å². The molecule has 44 heavy (non-hydrogen) atoms. The van der Waals surface area contributed by atoms with Gasteiger partial charge in [0.25, 0.3) is 0 Å². The van der Waals surface area contributed by atoms with Crippen LogP contribution in [0.5, 0.6) is 5.75 Å². The number of pyridine rings is 1. The van der Waals surface area contributed by atoms with Crippen molar-refractivity contribution in [2.75, 3.05) is 31.1 Å². The molecular formula is C32H40F2N6O4. The number of hydrogen-bond donors (Lipinski definition) is 2. The van der Waals surface area contributed by atoms with Crippen molar-refractivity contribution in [1.29, 1.82) is 0 Å². The maximum absolute atomic E-state index is 15.9. The van der Waals surface area contributed by atoms with Gasteiger partial charge in [0.15, 0.2) is 5.82 Å². The lowest BCUT2D eigenvalue weighted by Gasteiger charge is -2.41. The molecule has 4 heterocycles. The van der Waals surface area contributed by atoms with Gasteiger partial charge in [-0.25, -0.2) is 23.4 Å². The zero-order chi connectivity index (χ0) is 32.1. The molecule has 2 aliphatic heterocycles. The lowest BCUT2D eigenvalue weighted by molar-refractivity contribution is 0.0218. The second-order valence-electron chi connectivity index (χ2n) is 13.0. The number of anilines is 1. The van der Waals surface area contributed by atoms with E-state index < -0.39 is 52.1 Å². The summed E-state index contributed by atoms with van der Waals surface area (Å²) in [5.41, 5.74) is -1.01. The summed E-state index contributed by atoms with van der Waals surface area (Å²) in [7, 11) is 0. The van der Waals surface area contributed by atoms with Gasteiger partial charge in [0.2, 0.25) is 0 Å². The molecule has 5 rings (SSSR count). The number of nitrogens with one attached hydrogen (secondary N) is 1. The van der Waals surface area contributed by atoms with Gasteiger partial charge in [-0.2, -0.15) is 4.98 Å². The highest BCUT2D eigenvalue weighted by atomic mass is 19.1. The summed E-state index contributed by atoms with van der Waals surface area (Å²) in [6.07, 6.45) is 1.55. The van der Waals surface area contributed by atoms with Crippen molar-refractivity contribution in [1.82, 2.24) is 24.8 Å². The number of phenolic OH excluding ortho intramolecular Hbond substituents is 1. The molecule has 12 heteroatoms. The summed E-state index contributed by atoms with van der Waals surface area (Å²) in [5, 5.41) is 14.2. The Morgan fingerprint density at radius 1 is 1.16 bits per heavy atom. The highest BCUT2D eigenvalue weighted by Crippen LogP contribution is 2.37. The summed E-state index contributed by atoms with van der Waals surface area (Å²) < 4.78 is 37.9. The van der Waals surface area contributed by atoms with Gasteiger partial charge in [0.05, 0.1) is 17.0 Å². The topological polar surface area (TPSA) is 113 Å². The molecular weight excluding hydrogens is 570 g/mol. The monoisotopic (exact) mass is 610 g/mol. The average molecular weight is 611 g/mol. The molecule has 1 fully saturated rings. The van der Waals surface area contributed by atoms with Crippen LogP contribution in [-0.4, -0.2) is 74.5 Å². The van der Waals surface area contributed by atoms with E-state index in [1.807, 2.05) is 38.7 Å². The fourth-order valence-electron chi connectivity index (χ4n) is 6.12. The van der Waals surface area contributed by atoms with E-state index in [1.54, 1.807) is 25.7 Å². The minimum atomic E-state index is -0.874. The molecule has 236 valence electrons. The Morgan fingerprint density at radius 2 is 1.89 bits per heavy atom. The van der Waals surface area contributed by atoms with Crippen LogP contribution in [0.2, 0.25) is 0 Å². The maximum atomic E-state index is 15.9. The molecule has 0 spiro atoms. The van der Waals surface area contributed by atoms with E-state index >= 15 is 4.39 Å². The van der Waals surface area contributed by atoms with Crippen molar-refractivity contribution in [3.63, 3.8) is 0 Å². The molecule has 0 aliphatic carbocycles. The van der Waals surface area contributed by atoms with E-state index in [0.29, 0.717) is 26.2 Å². The molecule has 0 radical (unpaired) electrons.